The maximum Gasteiger partial charge on any atom is 0.307 e. The molecule has 0 heterocycles. The minimum absolute atomic E-state index is 0.0512. The number of halogens is 1. The first-order valence-electron chi connectivity index (χ1n) is 8.19. The zero-order valence-corrected chi connectivity index (χ0v) is 14.0. The van der Waals surface area contributed by atoms with Gasteiger partial charge in [0.1, 0.15) is 0 Å². The van der Waals surface area contributed by atoms with Crippen LogP contribution in [0.15, 0.2) is 48.5 Å². The quantitative estimate of drug-likeness (QED) is 0.788. The number of carbonyl (C=O) groups excluding carboxylic acids is 1. The van der Waals surface area contributed by atoms with Crippen LogP contribution in [0.25, 0.3) is 11.1 Å². The number of carboxylic acids is 1. The summed E-state index contributed by atoms with van der Waals surface area (Å²) in [6.07, 6.45) is 3.06. The van der Waals surface area contributed by atoms with Crippen LogP contribution in [0.3, 0.4) is 0 Å². The van der Waals surface area contributed by atoms with Crippen molar-refractivity contribution < 1.29 is 14.7 Å². The van der Waals surface area contributed by atoms with Crippen LogP contribution in [-0.4, -0.2) is 16.9 Å². The maximum absolute atomic E-state index is 12.7. The molecule has 0 bridgehead atoms. The Kier molecular flexibility index (Phi) is 5.00. The smallest absolute Gasteiger partial charge is 0.307 e. The summed E-state index contributed by atoms with van der Waals surface area (Å²) in [5.41, 5.74) is 2.62. The number of rotatable bonds is 4. The average Bonchev–Trinajstić information content (AvgIpc) is 2.62. The largest absolute Gasteiger partial charge is 0.481 e. The van der Waals surface area contributed by atoms with Crippen molar-refractivity contribution in [3.63, 3.8) is 0 Å². The normalized spacial score (nSPS) is 20.5. The van der Waals surface area contributed by atoms with E-state index in [0.29, 0.717) is 23.4 Å². The lowest BCUT2D eigenvalue weighted by molar-refractivity contribution is -0.144. The third-order valence-corrected chi connectivity index (χ3v) is 5.02. The molecule has 1 saturated carbocycles. The van der Waals surface area contributed by atoms with E-state index < -0.39 is 17.8 Å². The van der Waals surface area contributed by atoms with E-state index >= 15 is 0 Å². The zero-order chi connectivity index (χ0) is 17.1. The molecule has 0 unspecified atom stereocenters. The second kappa shape index (κ2) is 7.18. The molecule has 2 aromatic carbocycles. The van der Waals surface area contributed by atoms with Gasteiger partial charge in [-0.05, 0) is 36.1 Å². The molecule has 0 saturated heterocycles. The van der Waals surface area contributed by atoms with Crippen LogP contribution in [0, 0.1) is 11.8 Å². The van der Waals surface area contributed by atoms with Crippen LogP contribution in [0.4, 0.5) is 0 Å². The molecule has 0 aliphatic heterocycles. The van der Waals surface area contributed by atoms with Crippen molar-refractivity contribution in [2.24, 2.45) is 11.8 Å². The monoisotopic (exact) mass is 342 g/mol. The van der Waals surface area contributed by atoms with Gasteiger partial charge in [-0.25, -0.2) is 0 Å². The molecule has 1 fully saturated rings. The van der Waals surface area contributed by atoms with E-state index in [-0.39, 0.29) is 5.78 Å². The molecule has 3 nitrogen and oxygen atoms in total. The van der Waals surface area contributed by atoms with Gasteiger partial charge in [-0.1, -0.05) is 60.8 Å². The summed E-state index contributed by atoms with van der Waals surface area (Å²) in [4.78, 5) is 24.1. The Labute approximate surface area is 146 Å². The highest BCUT2D eigenvalue weighted by molar-refractivity contribution is 6.30. The third-order valence-electron chi connectivity index (χ3n) is 4.77. The van der Waals surface area contributed by atoms with Gasteiger partial charge >= 0.3 is 5.97 Å². The summed E-state index contributed by atoms with van der Waals surface area (Å²) in [7, 11) is 0. The highest BCUT2D eigenvalue weighted by atomic mass is 35.5. The van der Waals surface area contributed by atoms with E-state index in [1.807, 2.05) is 36.4 Å². The van der Waals surface area contributed by atoms with Crippen molar-refractivity contribution >= 4 is 23.4 Å². The Hall–Kier alpha value is -2.13. The van der Waals surface area contributed by atoms with Crippen molar-refractivity contribution in [1.29, 1.82) is 0 Å². The molecular weight excluding hydrogens is 324 g/mol. The fourth-order valence-electron chi connectivity index (χ4n) is 3.42. The molecule has 2 atom stereocenters. The second-order valence-corrected chi connectivity index (χ2v) is 6.72. The summed E-state index contributed by atoms with van der Waals surface area (Å²) in [5.74, 6) is -1.87. The number of ketones is 1. The summed E-state index contributed by atoms with van der Waals surface area (Å²) in [5, 5.41) is 10.0. The van der Waals surface area contributed by atoms with Crippen LogP contribution in [0.1, 0.15) is 36.0 Å². The third kappa shape index (κ3) is 3.51. The Bertz CT molecular complexity index is 734. The molecule has 0 radical (unpaired) electrons. The lowest BCUT2D eigenvalue weighted by Gasteiger charge is -2.27. The van der Waals surface area contributed by atoms with Gasteiger partial charge in [0.2, 0.25) is 0 Å². The second-order valence-electron chi connectivity index (χ2n) is 6.28. The van der Waals surface area contributed by atoms with Crippen molar-refractivity contribution in [2.45, 2.75) is 25.7 Å². The van der Waals surface area contributed by atoms with Gasteiger partial charge in [0.15, 0.2) is 5.78 Å². The number of carbonyl (C=O) groups is 2. The first-order valence-corrected chi connectivity index (χ1v) is 8.57. The van der Waals surface area contributed by atoms with Gasteiger partial charge in [0, 0.05) is 16.5 Å². The predicted octanol–water partition coefficient (Wildman–Crippen LogP) is 5.08. The van der Waals surface area contributed by atoms with E-state index in [4.69, 9.17) is 11.6 Å². The van der Waals surface area contributed by atoms with Crippen LogP contribution in [0.2, 0.25) is 5.02 Å². The molecular formula is C20H19ClO3. The molecule has 1 aliphatic rings. The van der Waals surface area contributed by atoms with Gasteiger partial charge in [-0.2, -0.15) is 0 Å². The first-order chi connectivity index (χ1) is 11.6. The number of hydrogen-bond donors (Lipinski definition) is 1. The number of benzene rings is 2. The summed E-state index contributed by atoms with van der Waals surface area (Å²) < 4.78 is 0. The lowest BCUT2D eigenvalue weighted by atomic mass is 9.75. The van der Waals surface area contributed by atoms with E-state index in [9.17, 15) is 14.7 Å². The van der Waals surface area contributed by atoms with Crippen molar-refractivity contribution in [1.82, 2.24) is 0 Å². The lowest BCUT2D eigenvalue weighted by Crippen LogP contribution is -2.32. The molecule has 3 rings (SSSR count). The fourth-order valence-corrected chi connectivity index (χ4v) is 3.55. The average molecular weight is 343 g/mol. The van der Waals surface area contributed by atoms with E-state index in [0.717, 1.165) is 24.0 Å². The van der Waals surface area contributed by atoms with Crippen LogP contribution < -0.4 is 0 Å². The minimum atomic E-state index is -0.856. The molecule has 2 aromatic rings. The van der Waals surface area contributed by atoms with E-state index in [1.165, 1.54) is 0 Å². The van der Waals surface area contributed by atoms with Crippen molar-refractivity contribution in [2.75, 3.05) is 0 Å². The molecule has 4 heteroatoms. The van der Waals surface area contributed by atoms with Gasteiger partial charge in [-0.3, -0.25) is 9.59 Å². The molecule has 0 spiro atoms. The fraction of sp³-hybridized carbons (Fsp3) is 0.300. The Morgan fingerprint density at radius 1 is 0.833 bits per heavy atom. The van der Waals surface area contributed by atoms with Gasteiger partial charge in [-0.15, -0.1) is 0 Å². The molecule has 1 aliphatic carbocycles. The zero-order valence-electron chi connectivity index (χ0n) is 13.2. The number of hydrogen-bond acceptors (Lipinski definition) is 2. The summed E-state index contributed by atoms with van der Waals surface area (Å²) in [6.45, 7) is 0. The van der Waals surface area contributed by atoms with E-state index in [1.54, 1.807) is 12.1 Å². The van der Waals surface area contributed by atoms with Gasteiger partial charge < -0.3 is 5.11 Å². The molecule has 124 valence electrons. The topological polar surface area (TPSA) is 54.4 Å². The SMILES string of the molecule is O=C(O)[C@H]1CCCC[C@@H]1C(=O)c1ccc(-c2ccc(Cl)cc2)cc1. The summed E-state index contributed by atoms with van der Waals surface area (Å²) in [6, 6.07) is 14.9. The first kappa shape index (κ1) is 16.7. The molecule has 24 heavy (non-hydrogen) atoms. The number of carboxylic acid groups (broad SMARTS) is 1. The van der Waals surface area contributed by atoms with Crippen molar-refractivity contribution in [3.8, 4) is 11.1 Å². The maximum atomic E-state index is 12.7. The molecule has 1 N–H and O–H groups in total. The highest BCUT2D eigenvalue weighted by Crippen LogP contribution is 2.33. The Morgan fingerprint density at radius 3 is 1.88 bits per heavy atom. The molecule has 0 aromatic heterocycles. The number of Topliss-reactive ketones (excluding diaryl/α,β-unsaturated/α-hetero) is 1. The predicted molar refractivity (Wildman–Crippen MR) is 94.3 cm³/mol. The molecule has 0 amide bonds. The van der Waals surface area contributed by atoms with Crippen molar-refractivity contribution in [3.05, 3.63) is 59.1 Å². The Balaban J connectivity index is 1.80. The van der Waals surface area contributed by atoms with Crippen LogP contribution >= 0.6 is 11.6 Å². The van der Waals surface area contributed by atoms with Gasteiger partial charge in [0.05, 0.1) is 5.92 Å². The summed E-state index contributed by atoms with van der Waals surface area (Å²) >= 11 is 5.90. The Morgan fingerprint density at radius 2 is 1.33 bits per heavy atom. The van der Waals surface area contributed by atoms with Gasteiger partial charge in [0.25, 0.3) is 0 Å². The standard InChI is InChI=1S/C20H19ClO3/c21-16-11-9-14(10-12-16)13-5-7-15(8-6-13)19(22)17-3-1-2-4-18(17)20(23)24/h5-12,17-18H,1-4H2,(H,23,24)/t17-,18-/m0/s1. The number of aliphatic carboxylic acids is 1. The van der Waals surface area contributed by atoms with Crippen LogP contribution in [0.5, 0.6) is 0 Å². The highest BCUT2D eigenvalue weighted by Gasteiger charge is 2.35. The van der Waals surface area contributed by atoms with Crippen LogP contribution in [-0.2, 0) is 4.79 Å². The minimum Gasteiger partial charge on any atom is -0.481 e. The van der Waals surface area contributed by atoms with E-state index in [2.05, 4.69) is 0 Å².